The Hall–Kier alpha value is -0.570. The highest BCUT2D eigenvalue weighted by molar-refractivity contribution is 14.1. The van der Waals surface area contributed by atoms with Crippen LogP contribution in [0.1, 0.15) is 39.0 Å². The van der Waals surface area contributed by atoms with E-state index in [9.17, 15) is 24.9 Å². The summed E-state index contributed by atoms with van der Waals surface area (Å²) < 4.78 is 15.9. The minimum atomic E-state index is -1.32. The number of carbonyl (C=O) groups is 2. The number of halogens is 1. The van der Waals surface area contributed by atoms with Gasteiger partial charge in [0, 0.05) is 20.1 Å². The van der Waals surface area contributed by atoms with Crippen LogP contribution < -0.4 is 10.6 Å². The molecule has 1 aliphatic heterocycles. The Balaban J connectivity index is 2.25. The van der Waals surface area contributed by atoms with Gasteiger partial charge in [-0.1, -0.05) is 12.8 Å². The van der Waals surface area contributed by atoms with Crippen molar-refractivity contribution in [3.63, 3.8) is 0 Å². The number of rotatable bonds is 13. The van der Waals surface area contributed by atoms with Gasteiger partial charge in [0.1, 0.15) is 47.4 Å². The Kier molecular flexibility index (Phi) is 13.1. The van der Waals surface area contributed by atoms with Gasteiger partial charge in [-0.05, 0) is 12.8 Å². The van der Waals surface area contributed by atoms with Crippen LogP contribution in [-0.2, 0) is 22.1 Å². The maximum absolute atomic E-state index is 11.4. The quantitative estimate of drug-likeness (QED) is 0.160. The van der Waals surface area contributed by atoms with Crippen LogP contribution in [-0.4, -0.2) is 84.1 Å². The number of aliphatic hydroxyl groups is 3. The number of hydrogen-bond donors (Lipinski definition) is 5. The number of aliphatic hydroxyl groups excluding tert-OH is 3. The molecule has 0 spiro atoms. The van der Waals surface area contributed by atoms with Gasteiger partial charge in [0.25, 0.3) is 0 Å². The molecule has 0 saturated carbocycles. The van der Waals surface area contributed by atoms with Crippen molar-refractivity contribution in [2.24, 2.45) is 0 Å². The van der Waals surface area contributed by atoms with Gasteiger partial charge in [-0.3, -0.25) is 9.59 Å². The van der Waals surface area contributed by atoms with E-state index in [0.717, 1.165) is 25.7 Å². The first-order valence-corrected chi connectivity index (χ1v) is 10.3. The molecule has 5 atom stereocenters. The highest BCUT2D eigenvalue weighted by Gasteiger charge is 2.45. The average molecular weight is 518 g/mol. The lowest BCUT2D eigenvalue weighted by Gasteiger charge is -2.42. The maximum Gasteiger partial charge on any atom is 0.222 e. The number of carbonyl (C=O) groups excluding carboxylic acids is 2. The highest BCUT2D eigenvalue weighted by Crippen LogP contribution is 2.22. The Morgan fingerprint density at radius 3 is 2.46 bits per heavy atom. The smallest absolute Gasteiger partial charge is 0.222 e. The lowest BCUT2D eigenvalue weighted by Crippen LogP contribution is -2.64. The summed E-state index contributed by atoms with van der Waals surface area (Å²) in [7, 11) is 0. The van der Waals surface area contributed by atoms with E-state index in [1.165, 1.54) is 6.92 Å². The molecule has 0 aromatic heterocycles. The van der Waals surface area contributed by atoms with Crippen LogP contribution >= 0.6 is 23.0 Å². The summed E-state index contributed by atoms with van der Waals surface area (Å²) in [5.74, 6) is -0.416. The fraction of sp³-hybridized carbons (Fsp3) is 0.882. The molecular weight excluding hydrogens is 487 g/mol. The molecule has 0 aromatic carbocycles. The zero-order chi connectivity index (χ0) is 20.9. The molecule has 1 fully saturated rings. The lowest BCUT2D eigenvalue weighted by atomic mass is 9.97. The molecule has 2 amide bonds. The third kappa shape index (κ3) is 9.29. The lowest BCUT2D eigenvalue weighted by molar-refractivity contribution is -0.270. The van der Waals surface area contributed by atoms with E-state index in [1.807, 2.05) is 0 Å². The van der Waals surface area contributed by atoms with Crippen molar-refractivity contribution >= 4 is 34.8 Å². The van der Waals surface area contributed by atoms with Gasteiger partial charge in [-0.15, -0.1) is 0 Å². The molecular formula is C17H31IN2O8. The number of unbranched alkanes of at least 4 members (excludes halogenated alkanes) is 3. The van der Waals surface area contributed by atoms with Crippen molar-refractivity contribution in [3.05, 3.63) is 0 Å². The topological polar surface area (TPSA) is 147 Å². The minimum absolute atomic E-state index is 0.0300. The van der Waals surface area contributed by atoms with E-state index < -0.39 is 37.3 Å². The Morgan fingerprint density at radius 1 is 1.11 bits per heavy atom. The summed E-state index contributed by atoms with van der Waals surface area (Å²) in [6.45, 7) is 2.17. The summed E-state index contributed by atoms with van der Waals surface area (Å²) >= 11 is 1.75. The van der Waals surface area contributed by atoms with Gasteiger partial charge >= 0.3 is 0 Å². The van der Waals surface area contributed by atoms with Crippen molar-refractivity contribution in [2.45, 2.75) is 69.7 Å². The summed E-state index contributed by atoms with van der Waals surface area (Å²) in [5.41, 5.74) is 0. The normalized spacial score (nSPS) is 27.4. The van der Waals surface area contributed by atoms with E-state index in [1.54, 1.807) is 23.0 Å². The highest BCUT2D eigenvalue weighted by atomic mass is 127. The molecule has 0 radical (unpaired) electrons. The first-order valence-electron chi connectivity index (χ1n) is 9.42. The van der Waals surface area contributed by atoms with Gasteiger partial charge in [0.2, 0.25) is 11.8 Å². The molecule has 0 unspecified atom stereocenters. The van der Waals surface area contributed by atoms with Crippen molar-refractivity contribution in [1.29, 1.82) is 0 Å². The zero-order valence-corrected chi connectivity index (χ0v) is 18.2. The van der Waals surface area contributed by atoms with Crippen molar-refractivity contribution in [2.75, 3.05) is 26.4 Å². The second kappa shape index (κ2) is 14.4. The van der Waals surface area contributed by atoms with E-state index in [4.69, 9.17) is 12.5 Å². The predicted molar refractivity (Wildman–Crippen MR) is 107 cm³/mol. The largest absolute Gasteiger partial charge is 0.394 e. The summed E-state index contributed by atoms with van der Waals surface area (Å²) in [5, 5.41) is 34.7. The molecule has 1 aliphatic rings. The molecule has 28 heavy (non-hydrogen) atoms. The second-order valence-electron chi connectivity index (χ2n) is 6.63. The van der Waals surface area contributed by atoms with Crippen LogP contribution in [0.2, 0.25) is 0 Å². The maximum atomic E-state index is 11.4. The first kappa shape index (κ1) is 25.5. The van der Waals surface area contributed by atoms with Gasteiger partial charge in [0.15, 0.2) is 6.29 Å². The van der Waals surface area contributed by atoms with Crippen LogP contribution in [0.3, 0.4) is 0 Å². The van der Waals surface area contributed by atoms with Gasteiger partial charge in [-0.2, -0.15) is 0 Å². The Morgan fingerprint density at radius 2 is 1.82 bits per heavy atom. The molecule has 0 bridgehead atoms. The number of hydrogen-bond acceptors (Lipinski definition) is 8. The van der Waals surface area contributed by atoms with Crippen molar-refractivity contribution in [3.8, 4) is 0 Å². The standard InChI is InChI=1S/C17H31IN2O8/c1-11(22)20-14-16(25)15(24)12(10-21)28-17(14)26-8-5-3-2-4-7-19-13(23)6-9-27-18/h12,14-17,21,24-25H,2-10H2,1H3,(H,19,23)(H,20,22)/t12-,14-,15+,16-,17-/m1/s1. The third-order valence-electron chi connectivity index (χ3n) is 4.33. The van der Waals surface area contributed by atoms with Gasteiger partial charge in [0.05, 0.1) is 19.6 Å². The molecule has 164 valence electrons. The van der Waals surface area contributed by atoms with E-state index in [2.05, 4.69) is 10.6 Å². The molecule has 1 saturated heterocycles. The number of ether oxygens (including phenoxy) is 2. The molecule has 11 heteroatoms. The van der Waals surface area contributed by atoms with E-state index >= 15 is 0 Å². The molecule has 10 nitrogen and oxygen atoms in total. The number of nitrogens with one attached hydrogen (secondary N) is 2. The third-order valence-corrected chi connectivity index (χ3v) is 4.77. The molecule has 1 rings (SSSR count). The fourth-order valence-corrected chi connectivity index (χ4v) is 3.06. The average Bonchev–Trinajstić information content (AvgIpc) is 2.67. The summed E-state index contributed by atoms with van der Waals surface area (Å²) in [6, 6.07) is -0.919. The first-order chi connectivity index (χ1) is 13.4. The van der Waals surface area contributed by atoms with Gasteiger partial charge in [-0.25, -0.2) is 0 Å². The molecule has 1 heterocycles. The van der Waals surface area contributed by atoms with Gasteiger partial charge < -0.3 is 38.5 Å². The van der Waals surface area contributed by atoms with Crippen LogP contribution in [0.25, 0.3) is 0 Å². The SMILES string of the molecule is CC(=O)N[C@H]1[C@H](OCCCCCCNC(=O)CCOI)O[C@H](CO)[C@H](O)[C@@H]1O. The Bertz CT molecular complexity index is 470. The van der Waals surface area contributed by atoms with Crippen LogP contribution in [0.4, 0.5) is 0 Å². The van der Waals surface area contributed by atoms with Crippen molar-refractivity contribution < 1.29 is 37.4 Å². The van der Waals surface area contributed by atoms with Crippen LogP contribution in [0, 0.1) is 0 Å². The minimum Gasteiger partial charge on any atom is -0.394 e. The summed E-state index contributed by atoms with van der Waals surface area (Å²) in [6.07, 6.45) is -0.851. The monoisotopic (exact) mass is 518 g/mol. The second-order valence-corrected chi connectivity index (χ2v) is 7.25. The van der Waals surface area contributed by atoms with Crippen LogP contribution in [0.15, 0.2) is 0 Å². The van der Waals surface area contributed by atoms with Crippen LogP contribution in [0.5, 0.6) is 0 Å². The van der Waals surface area contributed by atoms with E-state index in [0.29, 0.717) is 26.2 Å². The fourth-order valence-electron chi connectivity index (χ4n) is 2.84. The molecule has 5 N–H and O–H groups in total. The Labute approximate surface area is 179 Å². The number of amides is 2. The zero-order valence-electron chi connectivity index (χ0n) is 16.0. The van der Waals surface area contributed by atoms with E-state index in [-0.39, 0.29) is 11.8 Å². The summed E-state index contributed by atoms with van der Waals surface area (Å²) in [4.78, 5) is 22.7. The predicted octanol–water partition coefficient (Wildman–Crippen LogP) is -0.620. The molecule has 0 aromatic rings. The van der Waals surface area contributed by atoms with Crippen molar-refractivity contribution in [1.82, 2.24) is 10.6 Å². The molecule has 0 aliphatic carbocycles.